The normalized spacial score (nSPS) is 17.3. The lowest BCUT2D eigenvalue weighted by Crippen LogP contribution is -2.43. The number of sulfonamides is 1. The van der Waals surface area contributed by atoms with Gasteiger partial charge in [0.05, 0.1) is 24.9 Å². The van der Waals surface area contributed by atoms with Crippen LogP contribution in [-0.2, 0) is 21.3 Å². The summed E-state index contributed by atoms with van der Waals surface area (Å²) in [5.41, 5.74) is 1.46. The van der Waals surface area contributed by atoms with Crippen LogP contribution in [0.4, 0.5) is 0 Å². The number of benzene rings is 1. The van der Waals surface area contributed by atoms with Gasteiger partial charge in [-0.1, -0.05) is 30.3 Å². The van der Waals surface area contributed by atoms with Crippen molar-refractivity contribution < 1.29 is 13.2 Å². The smallest absolute Gasteiger partial charge is 0.244 e. The molecule has 0 amide bonds. The summed E-state index contributed by atoms with van der Waals surface area (Å²) >= 11 is 0. The van der Waals surface area contributed by atoms with E-state index < -0.39 is 10.0 Å². The number of hydrogen-bond acceptors (Lipinski definition) is 5. The fraction of sp³-hybridized carbons (Fsp3) is 0.500. The summed E-state index contributed by atoms with van der Waals surface area (Å²) in [5, 5.41) is 4.26. The molecular formula is C18H26N4O3S. The molecule has 1 aliphatic rings. The van der Waals surface area contributed by atoms with Gasteiger partial charge in [0.15, 0.2) is 0 Å². The first-order valence-electron chi connectivity index (χ1n) is 8.91. The molecule has 2 aromatic rings. The Morgan fingerprint density at radius 2 is 1.92 bits per heavy atom. The molecule has 0 unspecified atom stereocenters. The quantitative estimate of drug-likeness (QED) is 0.791. The van der Waals surface area contributed by atoms with Crippen LogP contribution >= 0.6 is 0 Å². The summed E-state index contributed by atoms with van der Waals surface area (Å²) in [6, 6.07) is 9.36. The van der Waals surface area contributed by atoms with Crippen LogP contribution in [0.25, 0.3) is 0 Å². The molecule has 0 radical (unpaired) electrons. The third kappa shape index (κ3) is 4.50. The van der Waals surface area contributed by atoms with E-state index in [-0.39, 0.29) is 10.9 Å². The Morgan fingerprint density at radius 3 is 2.54 bits per heavy atom. The van der Waals surface area contributed by atoms with E-state index in [0.717, 1.165) is 18.7 Å². The zero-order valence-corrected chi connectivity index (χ0v) is 16.1. The van der Waals surface area contributed by atoms with Crippen molar-refractivity contribution in [2.24, 2.45) is 0 Å². The Morgan fingerprint density at radius 1 is 1.23 bits per heavy atom. The number of nitrogens with one attached hydrogen (secondary N) is 1. The summed E-state index contributed by atoms with van der Waals surface area (Å²) in [4.78, 5) is 2.47. The molecule has 1 aromatic carbocycles. The summed E-state index contributed by atoms with van der Waals surface area (Å²) in [6.45, 7) is 7.85. The second-order valence-electron chi connectivity index (χ2n) is 6.43. The maximum atomic E-state index is 13.0. The molecule has 0 spiro atoms. The zero-order chi connectivity index (χ0) is 18.6. The highest BCUT2D eigenvalue weighted by Crippen LogP contribution is 2.20. The van der Waals surface area contributed by atoms with Crippen molar-refractivity contribution in [1.82, 2.24) is 19.4 Å². The van der Waals surface area contributed by atoms with E-state index >= 15 is 0 Å². The zero-order valence-electron chi connectivity index (χ0n) is 15.3. The molecule has 1 N–H and O–H groups in total. The predicted molar refractivity (Wildman–Crippen MR) is 99.4 cm³/mol. The van der Waals surface area contributed by atoms with Crippen LogP contribution in [0.1, 0.15) is 24.2 Å². The molecule has 8 heteroatoms. The van der Waals surface area contributed by atoms with E-state index in [9.17, 15) is 8.42 Å². The van der Waals surface area contributed by atoms with Crippen LogP contribution in [0, 0.1) is 6.92 Å². The lowest BCUT2D eigenvalue weighted by molar-refractivity contribution is 0.0345. The van der Waals surface area contributed by atoms with Gasteiger partial charge in [-0.3, -0.25) is 9.58 Å². The minimum absolute atomic E-state index is 0.238. The van der Waals surface area contributed by atoms with Crippen LogP contribution in [0.2, 0.25) is 0 Å². The van der Waals surface area contributed by atoms with Crippen molar-refractivity contribution >= 4 is 10.0 Å². The van der Waals surface area contributed by atoms with Crippen molar-refractivity contribution in [3.63, 3.8) is 0 Å². The first-order chi connectivity index (χ1) is 12.5. The van der Waals surface area contributed by atoms with Crippen molar-refractivity contribution in [2.45, 2.75) is 31.3 Å². The van der Waals surface area contributed by atoms with Gasteiger partial charge in [-0.2, -0.15) is 5.10 Å². The molecule has 2 heterocycles. The van der Waals surface area contributed by atoms with Gasteiger partial charge >= 0.3 is 0 Å². The SMILES string of the molecule is CCn1cc(S(=O)(=O)N[C@@H](CN2CCOCC2)c2ccccc2)c(C)n1. The van der Waals surface area contributed by atoms with Crippen molar-refractivity contribution in [1.29, 1.82) is 0 Å². The number of aromatic nitrogens is 2. The van der Waals surface area contributed by atoms with Gasteiger partial charge in [0.25, 0.3) is 0 Å². The minimum atomic E-state index is -3.67. The summed E-state index contributed by atoms with van der Waals surface area (Å²) < 4.78 is 35.9. The molecule has 142 valence electrons. The van der Waals surface area contributed by atoms with Crippen LogP contribution in [-0.4, -0.2) is 55.9 Å². The highest BCUT2D eigenvalue weighted by Gasteiger charge is 2.27. The molecule has 7 nitrogen and oxygen atoms in total. The molecule has 1 saturated heterocycles. The summed E-state index contributed by atoms with van der Waals surface area (Å²) in [5.74, 6) is 0. The first kappa shape index (κ1) is 19.0. The number of rotatable bonds is 7. The largest absolute Gasteiger partial charge is 0.379 e. The van der Waals surface area contributed by atoms with Crippen LogP contribution in [0.15, 0.2) is 41.4 Å². The fourth-order valence-corrected chi connectivity index (χ4v) is 4.52. The molecule has 26 heavy (non-hydrogen) atoms. The lowest BCUT2D eigenvalue weighted by Gasteiger charge is -2.31. The molecule has 1 atom stereocenters. The topological polar surface area (TPSA) is 76.5 Å². The van der Waals surface area contributed by atoms with Crippen LogP contribution in [0.3, 0.4) is 0 Å². The Bertz CT molecular complexity index is 814. The predicted octanol–water partition coefficient (Wildman–Crippen LogP) is 1.56. The van der Waals surface area contributed by atoms with E-state index in [2.05, 4.69) is 14.7 Å². The van der Waals surface area contributed by atoms with Crippen molar-refractivity contribution in [2.75, 3.05) is 32.8 Å². The maximum Gasteiger partial charge on any atom is 0.244 e. The number of ether oxygens (including phenoxy) is 1. The average molecular weight is 378 g/mol. The van der Waals surface area contributed by atoms with E-state index in [4.69, 9.17) is 4.74 Å². The maximum absolute atomic E-state index is 13.0. The Kier molecular flexibility index (Phi) is 6.08. The Hall–Kier alpha value is -1.74. The number of morpholine rings is 1. The summed E-state index contributed by atoms with van der Waals surface area (Å²) in [6.07, 6.45) is 1.59. The highest BCUT2D eigenvalue weighted by molar-refractivity contribution is 7.89. The third-order valence-corrected chi connectivity index (χ3v) is 6.13. The second kappa shape index (κ2) is 8.30. The number of hydrogen-bond donors (Lipinski definition) is 1. The van der Waals surface area contributed by atoms with E-state index in [1.807, 2.05) is 37.3 Å². The Labute approximate surface area is 155 Å². The van der Waals surface area contributed by atoms with Gasteiger partial charge in [-0.15, -0.1) is 0 Å². The van der Waals surface area contributed by atoms with Gasteiger partial charge < -0.3 is 4.74 Å². The molecule has 3 rings (SSSR count). The first-order valence-corrected chi connectivity index (χ1v) is 10.4. The molecule has 1 aliphatic heterocycles. The summed E-state index contributed by atoms with van der Waals surface area (Å²) in [7, 11) is -3.67. The van der Waals surface area contributed by atoms with Gasteiger partial charge in [0, 0.05) is 32.4 Å². The van der Waals surface area contributed by atoms with Gasteiger partial charge in [-0.05, 0) is 19.4 Å². The fourth-order valence-electron chi connectivity index (χ4n) is 3.11. The lowest BCUT2D eigenvalue weighted by atomic mass is 10.1. The van der Waals surface area contributed by atoms with E-state index in [1.54, 1.807) is 17.8 Å². The molecule has 0 aliphatic carbocycles. The molecule has 1 fully saturated rings. The highest BCUT2D eigenvalue weighted by atomic mass is 32.2. The Balaban J connectivity index is 1.85. The molecule has 1 aromatic heterocycles. The van der Waals surface area contributed by atoms with Crippen LogP contribution in [0.5, 0.6) is 0 Å². The van der Waals surface area contributed by atoms with Crippen molar-refractivity contribution in [3.8, 4) is 0 Å². The average Bonchev–Trinajstić information content (AvgIpc) is 3.04. The molecule has 0 bridgehead atoms. The minimum Gasteiger partial charge on any atom is -0.379 e. The second-order valence-corrected chi connectivity index (χ2v) is 8.11. The van der Waals surface area contributed by atoms with Gasteiger partial charge in [0.1, 0.15) is 4.90 Å². The van der Waals surface area contributed by atoms with E-state index in [1.165, 1.54) is 0 Å². The number of aryl methyl sites for hydroxylation is 2. The standard InChI is InChI=1S/C18H26N4O3S/c1-3-22-14-18(15(2)19-22)26(23,24)20-17(16-7-5-4-6-8-16)13-21-9-11-25-12-10-21/h4-8,14,17,20H,3,9-13H2,1-2H3/t17-/m0/s1. The van der Waals surface area contributed by atoms with Gasteiger partial charge in [-0.25, -0.2) is 13.1 Å². The van der Waals surface area contributed by atoms with Crippen LogP contribution < -0.4 is 4.72 Å². The van der Waals surface area contributed by atoms with Gasteiger partial charge in [0.2, 0.25) is 10.0 Å². The third-order valence-electron chi connectivity index (χ3n) is 4.56. The van der Waals surface area contributed by atoms with E-state index in [0.29, 0.717) is 32.0 Å². The monoisotopic (exact) mass is 378 g/mol. The molecular weight excluding hydrogens is 352 g/mol. The van der Waals surface area contributed by atoms with Crippen molar-refractivity contribution in [3.05, 3.63) is 47.8 Å². The molecule has 0 saturated carbocycles. The number of nitrogens with zero attached hydrogens (tertiary/aromatic N) is 3.